The summed E-state index contributed by atoms with van der Waals surface area (Å²) < 4.78 is 13.5. The number of rotatable bonds is 0. The van der Waals surface area contributed by atoms with Gasteiger partial charge in [0.05, 0.1) is 5.56 Å². The molecule has 1 saturated heterocycles. The molecule has 1 fully saturated rings. The summed E-state index contributed by atoms with van der Waals surface area (Å²) in [7, 11) is 0. The van der Waals surface area contributed by atoms with E-state index in [0.717, 1.165) is 25.1 Å². The van der Waals surface area contributed by atoms with Gasteiger partial charge in [-0.25, -0.2) is 4.39 Å². The predicted molar refractivity (Wildman–Crippen MR) is 54.1 cm³/mol. The van der Waals surface area contributed by atoms with Crippen LogP contribution < -0.4 is 5.32 Å². The van der Waals surface area contributed by atoms with E-state index in [0.29, 0.717) is 11.8 Å². The molecule has 2 aliphatic rings. The molecule has 1 aliphatic carbocycles. The zero-order chi connectivity index (χ0) is 10.4. The van der Waals surface area contributed by atoms with Crippen LogP contribution in [0.3, 0.4) is 0 Å². The first kappa shape index (κ1) is 8.87. The second-order valence-corrected chi connectivity index (χ2v) is 4.36. The Labute approximate surface area is 87.7 Å². The first-order valence-corrected chi connectivity index (χ1v) is 5.23. The van der Waals surface area contributed by atoms with Crippen molar-refractivity contribution in [3.05, 3.63) is 34.6 Å². The summed E-state index contributed by atoms with van der Waals surface area (Å²) in [6, 6.07) is 5.21. The molecule has 1 aromatic carbocycles. The zero-order valence-electron chi connectivity index (χ0n) is 8.26. The maximum absolute atomic E-state index is 13.5. The monoisotopic (exact) mass is 202 g/mol. The summed E-state index contributed by atoms with van der Waals surface area (Å²) in [6.07, 6.45) is 1.11. The lowest BCUT2D eigenvalue weighted by atomic mass is 9.98. The van der Waals surface area contributed by atoms with Crippen LogP contribution in [0.15, 0.2) is 12.1 Å². The molecule has 2 nitrogen and oxygen atoms in total. The molecule has 1 aliphatic heterocycles. The topological polar surface area (TPSA) is 35.8 Å². The molecule has 3 heteroatoms. The number of halogens is 1. The molecule has 2 unspecified atom stereocenters. The minimum Gasteiger partial charge on any atom is -0.316 e. The van der Waals surface area contributed by atoms with Gasteiger partial charge in [-0.1, -0.05) is 0 Å². The highest BCUT2D eigenvalue weighted by Gasteiger charge is 2.34. The lowest BCUT2D eigenvalue weighted by molar-refractivity contribution is 0.453. The van der Waals surface area contributed by atoms with Gasteiger partial charge < -0.3 is 5.32 Å². The molecule has 0 amide bonds. The van der Waals surface area contributed by atoms with E-state index < -0.39 is 0 Å². The van der Waals surface area contributed by atoms with Gasteiger partial charge in [0.2, 0.25) is 0 Å². The molecule has 2 atom stereocenters. The highest BCUT2D eigenvalue weighted by Crippen LogP contribution is 2.44. The van der Waals surface area contributed by atoms with Crippen LogP contribution in [0, 0.1) is 17.1 Å². The number of hydrogen-bond acceptors (Lipinski definition) is 2. The van der Waals surface area contributed by atoms with Crippen LogP contribution in [0.2, 0.25) is 0 Å². The fourth-order valence-electron chi connectivity index (χ4n) is 2.81. The minimum atomic E-state index is -0.371. The Balaban J connectivity index is 2.18. The van der Waals surface area contributed by atoms with Crippen LogP contribution in [0.1, 0.15) is 34.9 Å². The molecule has 0 aromatic heterocycles. The summed E-state index contributed by atoms with van der Waals surface area (Å²) in [5, 5.41) is 12.1. The summed E-state index contributed by atoms with van der Waals surface area (Å²) in [5.74, 6) is 0.552. The number of piperidine rings is 1. The number of benzene rings is 1. The average Bonchev–Trinajstić information content (AvgIpc) is 2.50. The normalized spacial score (nSPS) is 27.2. The van der Waals surface area contributed by atoms with E-state index in [1.807, 2.05) is 6.07 Å². The average molecular weight is 202 g/mol. The zero-order valence-corrected chi connectivity index (χ0v) is 8.26. The maximum atomic E-state index is 13.5. The molecule has 0 saturated carbocycles. The first-order valence-electron chi connectivity index (χ1n) is 5.23. The van der Waals surface area contributed by atoms with Gasteiger partial charge in [0.1, 0.15) is 11.9 Å². The van der Waals surface area contributed by atoms with Crippen LogP contribution in [-0.2, 0) is 0 Å². The van der Waals surface area contributed by atoms with Gasteiger partial charge in [-0.3, -0.25) is 0 Å². The molecule has 76 valence electrons. The number of fused-ring (bicyclic) bond motifs is 5. The van der Waals surface area contributed by atoms with Crippen LogP contribution in [-0.4, -0.2) is 13.1 Å². The van der Waals surface area contributed by atoms with Crippen LogP contribution in [0.5, 0.6) is 0 Å². The molecule has 2 bridgehead atoms. The van der Waals surface area contributed by atoms with Crippen molar-refractivity contribution < 1.29 is 4.39 Å². The largest absolute Gasteiger partial charge is 0.316 e. The maximum Gasteiger partial charge on any atom is 0.141 e. The van der Waals surface area contributed by atoms with Crippen molar-refractivity contribution in [1.82, 2.24) is 5.32 Å². The van der Waals surface area contributed by atoms with Crippen molar-refractivity contribution in [3.63, 3.8) is 0 Å². The Morgan fingerprint density at radius 1 is 1.27 bits per heavy atom. The fourth-order valence-corrected chi connectivity index (χ4v) is 2.81. The number of hydrogen-bond donors (Lipinski definition) is 1. The highest BCUT2D eigenvalue weighted by molar-refractivity contribution is 5.46. The first-order chi connectivity index (χ1) is 7.29. The molecule has 15 heavy (non-hydrogen) atoms. The lowest BCUT2D eigenvalue weighted by Gasteiger charge is -2.19. The molecule has 1 heterocycles. The van der Waals surface area contributed by atoms with E-state index in [9.17, 15) is 4.39 Å². The van der Waals surface area contributed by atoms with E-state index in [4.69, 9.17) is 5.26 Å². The molecule has 1 aromatic rings. The third-order valence-corrected chi connectivity index (χ3v) is 3.52. The second-order valence-electron chi connectivity index (χ2n) is 4.36. The van der Waals surface area contributed by atoms with E-state index >= 15 is 0 Å². The molecule has 3 rings (SSSR count). The number of nitriles is 1. The SMILES string of the molecule is N#Cc1cc2c(cc1F)C1CNCC2C1. The van der Waals surface area contributed by atoms with Gasteiger partial charge >= 0.3 is 0 Å². The summed E-state index contributed by atoms with van der Waals surface area (Å²) in [4.78, 5) is 0. The lowest BCUT2D eigenvalue weighted by Crippen LogP contribution is -2.28. The van der Waals surface area contributed by atoms with E-state index in [-0.39, 0.29) is 11.4 Å². The summed E-state index contributed by atoms with van der Waals surface area (Å²) >= 11 is 0. The summed E-state index contributed by atoms with van der Waals surface area (Å²) in [5.41, 5.74) is 2.48. The molecule has 0 spiro atoms. The highest BCUT2D eigenvalue weighted by atomic mass is 19.1. The van der Waals surface area contributed by atoms with E-state index in [2.05, 4.69) is 5.32 Å². The minimum absolute atomic E-state index is 0.182. The van der Waals surface area contributed by atoms with Crippen molar-refractivity contribution >= 4 is 0 Å². The smallest absolute Gasteiger partial charge is 0.141 e. The Morgan fingerprint density at radius 2 is 1.93 bits per heavy atom. The Hall–Kier alpha value is -1.40. The fraction of sp³-hybridized carbons (Fsp3) is 0.417. The van der Waals surface area contributed by atoms with E-state index in [1.54, 1.807) is 12.1 Å². The number of nitrogens with zero attached hydrogens (tertiary/aromatic N) is 1. The predicted octanol–water partition coefficient (Wildman–Crippen LogP) is 1.87. The Kier molecular flexibility index (Phi) is 1.80. The molecular weight excluding hydrogens is 191 g/mol. The van der Waals surface area contributed by atoms with Gasteiger partial charge in [0, 0.05) is 13.1 Å². The molecule has 1 N–H and O–H groups in total. The summed E-state index contributed by atoms with van der Waals surface area (Å²) in [6.45, 7) is 1.90. The number of nitrogens with one attached hydrogen (secondary N) is 1. The van der Waals surface area contributed by atoms with Crippen LogP contribution in [0.25, 0.3) is 0 Å². The standard InChI is InChI=1S/C12H11FN2/c13-12-3-11-9-1-8(5-15-6-9)10(11)2-7(12)4-14/h2-3,8-9,15H,1,5-6H2. The molecular formula is C12H11FN2. The van der Waals surface area contributed by atoms with Crippen LogP contribution >= 0.6 is 0 Å². The second kappa shape index (κ2) is 3.04. The Morgan fingerprint density at radius 3 is 2.60 bits per heavy atom. The Bertz CT molecular complexity index is 461. The third kappa shape index (κ3) is 1.18. The van der Waals surface area contributed by atoms with E-state index in [1.165, 1.54) is 5.56 Å². The van der Waals surface area contributed by atoms with Crippen molar-refractivity contribution in [1.29, 1.82) is 5.26 Å². The van der Waals surface area contributed by atoms with Crippen LogP contribution in [0.4, 0.5) is 4.39 Å². The van der Waals surface area contributed by atoms with Gasteiger partial charge in [0.25, 0.3) is 0 Å². The van der Waals surface area contributed by atoms with Gasteiger partial charge in [-0.2, -0.15) is 5.26 Å². The third-order valence-electron chi connectivity index (χ3n) is 3.52. The van der Waals surface area contributed by atoms with Crippen molar-refractivity contribution in [2.45, 2.75) is 18.3 Å². The van der Waals surface area contributed by atoms with Crippen molar-refractivity contribution in [2.75, 3.05) is 13.1 Å². The van der Waals surface area contributed by atoms with Gasteiger partial charge in [0.15, 0.2) is 0 Å². The quantitative estimate of drug-likeness (QED) is 0.697. The van der Waals surface area contributed by atoms with Gasteiger partial charge in [-0.05, 0) is 41.5 Å². The molecule has 0 radical (unpaired) electrons. The van der Waals surface area contributed by atoms with Crippen molar-refractivity contribution in [3.8, 4) is 6.07 Å². The van der Waals surface area contributed by atoms with Crippen molar-refractivity contribution in [2.24, 2.45) is 0 Å². The van der Waals surface area contributed by atoms with Gasteiger partial charge in [-0.15, -0.1) is 0 Å².